The summed E-state index contributed by atoms with van der Waals surface area (Å²) in [4.78, 5) is 15.4. The molecule has 1 saturated heterocycles. The Labute approximate surface area is 115 Å². The predicted octanol–water partition coefficient (Wildman–Crippen LogP) is 0.0508. The lowest BCUT2D eigenvalue weighted by Crippen LogP contribution is -2.48. The lowest BCUT2D eigenvalue weighted by molar-refractivity contribution is 0.229. The van der Waals surface area contributed by atoms with Crippen LogP contribution in [0, 0.1) is 6.92 Å². The van der Waals surface area contributed by atoms with E-state index in [1.807, 2.05) is 6.92 Å². The summed E-state index contributed by atoms with van der Waals surface area (Å²) in [5.74, 6) is 1.57. The summed E-state index contributed by atoms with van der Waals surface area (Å²) < 4.78 is 0. The number of likely N-dealkylation sites (N-methyl/N-ethyl adjacent to an activating group) is 1. The van der Waals surface area contributed by atoms with Gasteiger partial charge in [-0.15, -0.1) is 0 Å². The minimum Gasteiger partial charge on any atom is -0.383 e. The molecule has 1 aromatic heterocycles. The van der Waals surface area contributed by atoms with Crippen LogP contribution in [0.2, 0.25) is 0 Å². The van der Waals surface area contributed by atoms with E-state index in [-0.39, 0.29) is 0 Å². The number of nitrogen functional groups attached to an aromatic ring is 1. The van der Waals surface area contributed by atoms with E-state index < -0.39 is 0 Å². The molecule has 2 rings (SSSR count). The van der Waals surface area contributed by atoms with Gasteiger partial charge in [-0.1, -0.05) is 0 Å². The Morgan fingerprint density at radius 2 is 1.89 bits per heavy atom. The van der Waals surface area contributed by atoms with Crippen LogP contribution in [0.5, 0.6) is 0 Å². The number of nitrogens with zero attached hydrogens (tertiary/aromatic N) is 5. The summed E-state index contributed by atoms with van der Waals surface area (Å²) >= 11 is 0. The molecule has 0 radical (unpaired) electrons. The van der Waals surface area contributed by atoms with Crippen LogP contribution >= 0.6 is 0 Å². The molecule has 1 fully saturated rings. The molecule has 6 heteroatoms. The Hall–Kier alpha value is -1.40. The zero-order valence-electron chi connectivity index (χ0n) is 12.1. The fraction of sp³-hybridized carbons (Fsp3) is 0.692. The third-order valence-corrected chi connectivity index (χ3v) is 3.63. The molecule has 1 aliphatic heterocycles. The zero-order valence-corrected chi connectivity index (χ0v) is 12.1. The molecule has 0 spiro atoms. The van der Waals surface area contributed by atoms with Crippen LogP contribution in [0.3, 0.4) is 0 Å². The molecule has 6 nitrogen and oxygen atoms in total. The summed E-state index contributed by atoms with van der Waals surface area (Å²) in [5, 5.41) is 0. The summed E-state index contributed by atoms with van der Waals surface area (Å²) in [6, 6.07) is 0. The third-order valence-electron chi connectivity index (χ3n) is 3.63. The fourth-order valence-electron chi connectivity index (χ4n) is 2.30. The van der Waals surface area contributed by atoms with Gasteiger partial charge in [-0.25, -0.2) is 9.97 Å². The molecule has 2 N–H and O–H groups in total. The number of hydrogen-bond donors (Lipinski definition) is 1. The summed E-state index contributed by atoms with van der Waals surface area (Å²) in [5.41, 5.74) is 6.83. The van der Waals surface area contributed by atoms with Gasteiger partial charge in [0.1, 0.15) is 18.0 Å². The molecule has 2 heterocycles. The van der Waals surface area contributed by atoms with Gasteiger partial charge in [0.15, 0.2) is 0 Å². The highest BCUT2D eigenvalue weighted by atomic mass is 15.3. The van der Waals surface area contributed by atoms with Gasteiger partial charge < -0.3 is 15.5 Å². The van der Waals surface area contributed by atoms with E-state index in [0.29, 0.717) is 5.82 Å². The second-order valence-corrected chi connectivity index (χ2v) is 5.34. The first-order valence-corrected chi connectivity index (χ1v) is 6.77. The monoisotopic (exact) mass is 264 g/mol. The van der Waals surface area contributed by atoms with Crippen molar-refractivity contribution in [1.29, 1.82) is 0 Å². The van der Waals surface area contributed by atoms with Gasteiger partial charge >= 0.3 is 0 Å². The summed E-state index contributed by atoms with van der Waals surface area (Å²) in [6.07, 6.45) is 1.55. The van der Waals surface area contributed by atoms with Crippen molar-refractivity contribution in [2.24, 2.45) is 0 Å². The zero-order chi connectivity index (χ0) is 13.8. The molecule has 1 aliphatic rings. The van der Waals surface area contributed by atoms with E-state index in [9.17, 15) is 0 Å². The quantitative estimate of drug-likeness (QED) is 0.829. The first-order chi connectivity index (χ1) is 9.08. The van der Waals surface area contributed by atoms with Crippen molar-refractivity contribution in [3.63, 3.8) is 0 Å². The van der Waals surface area contributed by atoms with E-state index in [1.54, 1.807) is 6.33 Å². The van der Waals surface area contributed by atoms with Crippen molar-refractivity contribution in [3.05, 3.63) is 11.9 Å². The van der Waals surface area contributed by atoms with Gasteiger partial charge in [0.2, 0.25) is 0 Å². The van der Waals surface area contributed by atoms with Gasteiger partial charge in [0, 0.05) is 44.8 Å². The Balaban J connectivity index is 1.91. The first-order valence-electron chi connectivity index (χ1n) is 6.77. The largest absolute Gasteiger partial charge is 0.383 e. The molecule has 0 aromatic carbocycles. The van der Waals surface area contributed by atoms with E-state index in [1.165, 1.54) is 0 Å². The summed E-state index contributed by atoms with van der Waals surface area (Å²) in [6.45, 7) is 8.40. The average molecular weight is 264 g/mol. The lowest BCUT2D eigenvalue weighted by atomic mass is 10.2. The molecule has 0 saturated carbocycles. The van der Waals surface area contributed by atoms with Crippen molar-refractivity contribution < 1.29 is 0 Å². The molecule has 0 unspecified atom stereocenters. The van der Waals surface area contributed by atoms with Crippen molar-refractivity contribution in [2.45, 2.75) is 6.92 Å². The van der Waals surface area contributed by atoms with E-state index in [2.05, 4.69) is 38.8 Å². The van der Waals surface area contributed by atoms with Gasteiger partial charge in [-0.05, 0) is 21.0 Å². The van der Waals surface area contributed by atoms with Crippen LogP contribution in [0.1, 0.15) is 5.56 Å². The van der Waals surface area contributed by atoms with E-state index >= 15 is 0 Å². The predicted molar refractivity (Wildman–Crippen MR) is 78.4 cm³/mol. The minimum absolute atomic E-state index is 0.583. The Kier molecular flexibility index (Phi) is 4.55. The highest BCUT2D eigenvalue weighted by Gasteiger charge is 2.19. The van der Waals surface area contributed by atoms with Crippen LogP contribution < -0.4 is 10.6 Å². The van der Waals surface area contributed by atoms with Crippen molar-refractivity contribution >= 4 is 11.6 Å². The number of piperazine rings is 1. The molecule has 0 aliphatic carbocycles. The maximum atomic E-state index is 5.84. The van der Waals surface area contributed by atoms with Gasteiger partial charge in [-0.3, -0.25) is 4.90 Å². The smallest absolute Gasteiger partial charge is 0.137 e. The molecule has 106 valence electrons. The number of anilines is 2. The molecule has 0 bridgehead atoms. The van der Waals surface area contributed by atoms with Crippen LogP contribution in [0.15, 0.2) is 6.33 Å². The maximum absolute atomic E-state index is 5.84. The van der Waals surface area contributed by atoms with Gasteiger partial charge in [-0.2, -0.15) is 0 Å². The van der Waals surface area contributed by atoms with Crippen molar-refractivity contribution in [2.75, 3.05) is 64.0 Å². The van der Waals surface area contributed by atoms with Crippen LogP contribution in [0.25, 0.3) is 0 Å². The lowest BCUT2D eigenvalue weighted by Gasteiger charge is -2.36. The van der Waals surface area contributed by atoms with Gasteiger partial charge in [0.25, 0.3) is 0 Å². The van der Waals surface area contributed by atoms with Crippen LogP contribution in [0.4, 0.5) is 11.6 Å². The Bertz CT molecular complexity index is 412. The van der Waals surface area contributed by atoms with E-state index in [0.717, 1.165) is 50.6 Å². The molecular weight excluding hydrogens is 240 g/mol. The highest BCUT2D eigenvalue weighted by molar-refractivity contribution is 5.55. The number of rotatable bonds is 4. The Morgan fingerprint density at radius 3 is 2.53 bits per heavy atom. The highest BCUT2D eigenvalue weighted by Crippen LogP contribution is 2.21. The van der Waals surface area contributed by atoms with Crippen molar-refractivity contribution in [1.82, 2.24) is 19.8 Å². The van der Waals surface area contributed by atoms with Crippen molar-refractivity contribution in [3.8, 4) is 0 Å². The standard InChI is InChI=1S/C13H24N6/c1-11-12(14)15-10-16-13(11)19-8-6-18(7-9-19)5-4-17(2)3/h10H,4-9H2,1-3H3,(H2,14,15,16). The molecule has 0 amide bonds. The topological polar surface area (TPSA) is 61.5 Å². The van der Waals surface area contributed by atoms with E-state index in [4.69, 9.17) is 5.73 Å². The number of hydrogen-bond acceptors (Lipinski definition) is 6. The average Bonchev–Trinajstić information content (AvgIpc) is 2.40. The minimum atomic E-state index is 0.583. The molecular formula is C13H24N6. The normalized spacial score (nSPS) is 17.2. The maximum Gasteiger partial charge on any atom is 0.137 e. The molecule has 0 atom stereocenters. The Morgan fingerprint density at radius 1 is 1.21 bits per heavy atom. The SMILES string of the molecule is Cc1c(N)ncnc1N1CCN(CCN(C)C)CC1. The summed E-state index contributed by atoms with van der Waals surface area (Å²) in [7, 11) is 4.23. The number of nitrogens with two attached hydrogens (primary N) is 1. The second-order valence-electron chi connectivity index (χ2n) is 5.34. The molecule has 19 heavy (non-hydrogen) atoms. The van der Waals surface area contributed by atoms with Crippen LogP contribution in [-0.2, 0) is 0 Å². The fourth-order valence-corrected chi connectivity index (χ4v) is 2.30. The van der Waals surface area contributed by atoms with Gasteiger partial charge in [0.05, 0.1) is 0 Å². The molecule has 1 aromatic rings. The van der Waals surface area contributed by atoms with Crippen LogP contribution in [-0.4, -0.2) is 73.1 Å². The first kappa shape index (κ1) is 14.0. The second kappa shape index (κ2) is 6.16. The number of aromatic nitrogens is 2. The third kappa shape index (κ3) is 3.54.